The molecule has 0 bridgehead atoms. The summed E-state index contributed by atoms with van der Waals surface area (Å²) >= 11 is 0. The number of hydrogen-bond donors (Lipinski definition) is 8. The van der Waals surface area contributed by atoms with Gasteiger partial charge in [-0.2, -0.15) is 63.2 Å². The average Bonchev–Trinajstić information content (AvgIpc) is 1.74. The number of nitrogens with zero attached hydrogens (tertiary/aromatic N) is 25. The highest BCUT2D eigenvalue weighted by atomic mass is 19.4. The number of fused-ring (bicyclic) bond motifs is 6. The van der Waals surface area contributed by atoms with Crippen molar-refractivity contribution in [3.05, 3.63) is 112 Å². The first-order chi connectivity index (χ1) is 69.4. The topological polar surface area (TPSA) is 459 Å². The summed E-state index contributed by atoms with van der Waals surface area (Å²) in [5, 5.41) is 42.0. The fourth-order valence-electron chi connectivity index (χ4n) is 18.6. The van der Waals surface area contributed by atoms with Crippen LogP contribution in [-0.4, -0.2) is 305 Å². The standard InChI is InChI=1S/C16H21F3N6O.2C16H20F3N5O.C16H20N6O.C15H18F3N5O.C15H18N6O/c1-23(9-16(17,18)19)15(26)11-4-3-7-25(8-11)24(2)14-12-5-6-20-13(12)21-10-22-14;2*1-23(15-12-5-7-20-14(12)21-10-22-15)24-8-2-3-11(9-24)13(25)4-6-16(17,18)19;1-21(16-13-6-8-18-15(13)19-11-20-16)22-9-3-4-12(10-22)14(23)5-2-7-17;16-15(17,18)5-3-12(24)10-2-1-7-23(8-10)22-14-11-4-6-19-13(11)20-9-21-14;16-6-1-4-13(22)11-3-2-8-21(9-11)20-15-12-5-7-17-14(12)18-10-19-15/h5-6,10-11H,3-4,7-9H2,1-2H3,(H,20,21,22);2*5,7,10-11H,2-4,6,8-9H2,1H3,(H,20,21,22);6,8,11-12H,2-5,9-10H2,1H3,(H,18,19,20);4,6,9-10H,1-3,5,7-8H2,(H2,19,20,21,22);5,7,10-11H,1-4,8-9H2,(H2,17,18,19,20). The Morgan fingerprint density at radius 2 is 0.572 bits per heavy atom. The zero-order valence-corrected chi connectivity index (χ0v) is 80.8. The Hall–Kier alpha value is -13.8. The predicted molar refractivity (Wildman–Crippen MR) is 514 cm³/mol. The molecule has 18 heterocycles. The number of anilines is 6. The molecule has 12 aromatic heterocycles. The number of hydrazine groups is 6. The summed E-state index contributed by atoms with van der Waals surface area (Å²) < 4.78 is 148. The number of piperidine rings is 6. The lowest BCUT2D eigenvalue weighted by Gasteiger charge is -2.39. The minimum atomic E-state index is -4.39. The van der Waals surface area contributed by atoms with E-state index in [1.165, 1.54) is 38.7 Å². The van der Waals surface area contributed by atoms with Crippen molar-refractivity contribution in [3.63, 3.8) is 0 Å². The van der Waals surface area contributed by atoms with Crippen LogP contribution in [0.3, 0.4) is 0 Å². The van der Waals surface area contributed by atoms with Crippen molar-refractivity contribution in [2.45, 2.75) is 166 Å². The van der Waals surface area contributed by atoms with Gasteiger partial charge in [-0.15, -0.1) is 0 Å². The average molecular weight is 2030 g/mol. The van der Waals surface area contributed by atoms with E-state index in [1.54, 1.807) is 31.1 Å². The monoisotopic (exact) mass is 2030 g/mol. The number of hydrogen-bond acceptors (Lipinski definition) is 32. The smallest absolute Gasteiger partial charge is 0.346 e. The highest BCUT2D eigenvalue weighted by molar-refractivity contribution is 5.92. The molecular formula is C94H117F12N33O6. The molecule has 0 spiro atoms. The minimum absolute atomic E-state index is 0.00171. The third-order valence-electron chi connectivity index (χ3n) is 26.3. The van der Waals surface area contributed by atoms with Crippen LogP contribution in [0.1, 0.15) is 141 Å². The Kier molecular flexibility index (Phi) is 37.5. The Morgan fingerprint density at radius 3 is 0.848 bits per heavy atom. The molecule has 12 aromatic rings. The van der Waals surface area contributed by atoms with E-state index in [0.717, 1.165) is 138 Å². The van der Waals surface area contributed by atoms with Crippen LogP contribution in [0.2, 0.25) is 0 Å². The summed E-state index contributed by atoms with van der Waals surface area (Å²) in [7, 11) is 8.69. The molecule has 0 saturated carbocycles. The maximum Gasteiger partial charge on any atom is 0.406 e. The second kappa shape index (κ2) is 50.2. The van der Waals surface area contributed by atoms with Gasteiger partial charge in [-0.25, -0.2) is 89.9 Å². The van der Waals surface area contributed by atoms with Crippen molar-refractivity contribution < 1.29 is 81.5 Å². The lowest BCUT2D eigenvalue weighted by atomic mass is 9.92. The number of nitrogens with one attached hydrogen (secondary N) is 8. The fraction of sp³-hybridized carbons (Fsp3) is 0.532. The summed E-state index contributed by atoms with van der Waals surface area (Å²) in [5.74, 6) is 1.64. The molecule has 18 rings (SSSR count). The third-order valence-corrected chi connectivity index (χ3v) is 26.3. The molecule has 6 unspecified atom stereocenters. The van der Waals surface area contributed by atoms with Gasteiger partial charge in [0.2, 0.25) is 5.91 Å². The number of Topliss-reactive ketones (excluding diaryl/α,β-unsaturated/α-hetero) is 5. The molecule has 51 heteroatoms. The molecule has 0 radical (unpaired) electrons. The molecule has 778 valence electrons. The quantitative estimate of drug-likeness (QED) is 0.0202. The van der Waals surface area contributed by atoms with Crippen LogP contribution < -0.4 is 30.9 Å². The first-order valence-corrected chi connectivity index (χ1v) is 47.9. The lowest BCUT2D eigenvalue weighted by molar-refractivity contribution is -0.162. The number of carbonyl (C=O) groups is 6. The first-order valence-electron chi connectivity index (χ1n) is 47.9. The molecule has 0 aromatic carbocycles. The second-order valence-electron chi connectivity index (χ2n) is 36.4. The maximum absolute atomic E-state index is 12.5. The number of nitriles is 2. The number of halogens is 12. The number of aromatic nitrogens is 18. The summed E-state index contributed by atoms with van der Waals surface area (Å²) in [4.78, 5) is 143. The molecule has 0 aliphatic carbocycles. The summed E-state index contributed by atoms with van der Waals surface area (Å²) in [6.45, 7) is 6.30. The number of H-pyrrole nitrogens is 6. The van der Waals surface area contributed by atoms with Crippen molar-refractivity contribution in [1.82, 2.24) is 125 Å². The molecule has 6 aliphatic heterocycles. The Balaban J connectivity index is 0.000000146. The minimum Gasteiger partial charge on any atom is -0.346 e. The van der Waals surface area contributed by atoms with Gasteiger partial charge in [0, 0.05) is 225 Å². The largest absolute Gasteiger partial charge is 0.406 e. The lowest BCUT2D eigenvalue weighted by Crippen LogP contribution is -2.51. The number of rotatable bonds is 29. The predicted octanol–water partition coefficient (Wildman–Crippen LogP) is 14.6. The van der Waals surface area contributed by atoms with Gasteiger partial charge >= 0.3 is 24.7 Å². The first kappa shape index (κ1) is 108. The van der Waals surface area contributed by atoms with Gasteiger partial charge in [-0.3, -0.25) is 48.8 Å². The summed E-state index contributed by atoms with van der Waals surface area (Å²) in [5.41, 5.74) is 10.9. The summed E-state index contributed by atoms with van der Waals surface area (Å²) in [6, 6.07) is 15.4. The van der Waals surface area contributed by atoms with Crippen molar-refractivity contribution >= 4 is 136 Å². The molecule has 6 fully saturated rings. The molecule has 39 nitrogen and oxygen atoms in total. The van der Waals surface area contributed by atoms with Crippen LogP contribution in [0.5, 0.6) is 0 Å². The zero-order valence-electron chi connectivity index (χ0n) is 80.8. The van der Waals surface area contributed by atoms with Crippen LogP contribution in [0, 0.1) is 58.2 Å². The van der Waals surface area contributed by atoms with Crippen molar-refractivity contribution in [3.8, 4) is 12.1 Å². The molecule has 6 saturated heterocycles. The van der Waals surface area contributed by atoms with E-state index < -0.39 is 81.6 Å². The third kappa shape index (κ3) is 30.4. The van der Waals surface area contributed by atoms with Crippen LogP contribution in [0.15, 0.2) is 112 Å². The van der Waals surface area contributed by atoms with E-state index in [0.29, 0.717) is 150 Å². The van der Waals surface area contributed by atoms with E-state index in [-0.39, 0.29) is 58.5 Å². The van der Waals surface area contributed by atoms with E-state index in [1.807, 2.05) is 134 Å². The zero-order chi connectivity index (χ0) is 104. The molecular weight excluding hydrogens is 1920 g/mol. The van der Waals surface area contributed by atoms with E-state index in [2.05, 4.69) is 106 Å². The Morgan fingerprint density at radius 1 is 0.331 bits per heavy atom. The van der Waals surface area contributed by atoms with E-state index in [4.69, 9.17) is 10.5 Å². The van der Waals surface area contributed by atoms with Crippen LogP contribution in [-0.2, 0) is 28.8 Å². The van der Waals surface area contributed by atoms with Crippen LogP contribution >= 0.6 is 0 Å². The highest BCUT2D eigenvalue weighted by Crippen LogP contribution is 2.37. The number of ketones is 5. The molecule has 6 aliphatic rings. The maximum atomic E-state index is 12.5. The molecule has 8 N–H and O–H groups in total. The van der Waals surface area contributed by atoms with Gasteiger partial charge in [-0.1, -0.05) is 0 Å². The molecule has 6 atom stereocenters. The van der Waals surface area contributed by atoms with Crippen LogP contribution in [0.4, 0.5) is 87.6 Å². The van der Waals surface area contributed by atoms with Gasteiger partial charge < -0.3 is 45.7 Å². The SMILES string of the molecule is CN(CC(F)(F)F)C(=O)C1CCCN(N(C)c2ncnc3[nH]ccc23)C1.CN(c1ncnc2[nH]ccc12)N1CCCC(C(=O)CCC#N)C1.CN(c1ncnc2[nH]ccc12)N1CCCC(C(=O)CCC(F)(F)F)C1.CN(c1ncnc2[nH]ccc12)N1CCCC(C(=O)CCC(F)(F)F)C1.N#CCCC(=O)C1CCCN(Nc2ncnc3[nH]ccc23)C1.O=C(CCC(F)(F)F)C1CCCN(Nc2ncnc3[nH]ccc23)C1. The molecule has 1 amide bonds. The highest BCUT2D eigenvalue weighted by Gasteiger charge is 2.40. The van der Waals surface area contributed by atoms with Gasteiger partial charge in [0.1, 0.15) is 107 Å². The van der Waals surface area contributed by atoms with Gasteiger partial charge in [0.25, 0.3) is 0 Å². The van der Waals surface area contributed by atoms with Crippen molar-refractivity contribution in [2.24, 2.45) is 35.5 Å². The van der Waals surface area contributed by atoms with Crippen molar-refractivity contribution in [1.29, 1.82) is 10.5 Å². The van der Waals surface area contributed by atoms with E-state index in [9.17, 15) is 81.5 Å². The van der Waals surface area contributed by atoms with Crippen molar-refractivity contribution in [2.75, 3.05) is 151 Å². The second-order valence-corrected chi connectivity index (χ2v) is 36.4. The Labute approximate surface area is 825 Å². The number of alkyl halides is 12. The summed E-state index contributed by atoms with van der Waals surface area (Å²) in [6.07, 6.45) is 8.35. The molecule has 145 heavy (non-hydrogen) atoms. The number of aromatic amines is 6. The number of carbonyl (C=O) groups excluding carboxylic acids is 6. The number of amides is 1. The van der Waals surface area contributed by atoms with Crippen LogP contribution in [0.25, 0.3) is 66.2 Å². The van der Waals surface area contributed by atoms with E-state index >= 15 is 0 Å². The van der Waals surface area contributed by atoms with Gasteiger partial charge in [0.05, 0.1) is 69.6 Å². The Bertz CT molecular complexity index is 6240. The normalized spacial score (nSPS) is 19.1. The van der Waals surface area contributed by atoms with Gasteiger partial charge in [-0.05, 0) is 113 Å². The van der Waals surface area contributed by atoms with Gasteiger partial charge in [0.15, 0.2) is 34.9 Å². The fourth-order valence-corrected chi connectivity index (χ4v) is 18.6.